The van der Waals surface area contributed by atoms with Gasteiger partial charge in [0, 0.05) is 19.0 Å². The van der Waals surface area contributed by atoms with Crippen LogP contribution in [0.5, 0.6) is 0 Å². The molecule has 0 saturated heterocycles. The molecule has 0 unspecified atom stereocenters. The van der Waals surface area contributed by atoms with Crippen LogP contribution in [0, 0.1) is 17.2 Å². The van der Waals surface area contributed by atoms with E-state index in [0.717, 1.165) is 29.5 Å². The Hall–Kier alpha value is -3.17. The van der Waals surface area contributed by atoms with Crippen LogP contribution >= 0.6 is 0 Å². The van der Waals surface area contributed by atoms with Crippen molar-refractivity contribution in [3.05, 3.63) is 59.7 Å². The van der Waals surface area contributed by atoms with E-state index < -0.39 is 5.97 Å². The van der Waals surface area contributed by atoms with Crippen molar-refractivity contribution in [2.24, 2.45) is 5.92 Å². The second kappa shape index (κ2) is 13.4. The smallest absolute Gasteiger partial charge is 0.307 e. The summed E-state index contributed by atoms with van der Waals surface area (Å²) < 4.78 is 5.07. The summed E-state index contributed by atoms with van der Waals surface area (Å²) in [6, 6.07) is 17.2. The molecule has 2 aromatic carbocycles. The molecule has 2 rings (SSSR count). The van der Waals surface area contributed by atoms with E-state index in [0.29, 0.717) is 18.5 Å². The molecule has 6 nitrogen and oxygen atoms in total. The molecule has 0 saturated carbocycles. The highest BCUT2D eigenvalue weighted by atomic mass is 16.5. The van der Waals surface area contributed by atoms with E-state index in [1.54, 1.807) is 11.0 Å². The molecule has 0 radical (unpaired) electrons. The summed E-state index contributed by atoms with van der Waals surface area (Å²) in [5.74, 6) is -0.344. The van der Waals surface area contributed by atoms with Crippen LogP contribution in [-0.2, 0) is 20.9 Å². The number of carbonyl (C=O) groups is 2. The lowest BCUT2D eigenvalue weighted by molar-refractivity contribution is -0.148. The number of benzene rings is 2. The Kier molecular flexibility index (Phi) is 10.6. The van der Waals surface area contributed by atoms with E-state index in [-0.39, 0.29) is 37.5 Å². The van der Waals surface area contributed by atoms with Gasteiger partial charge in [0.25, 0.3) is 0 Å². The average Bonchev–Trinajstić information content (AvgIpc) is 2.83. The SMILES string of the molecule is CCCCC(=O)N(Cc1ccc(-c2ccccc2C#N)cc1)[C@H](CC(=O)OCCO)C(C)C. The first-order valence-electron chi connectivity index (χ1n) is 11.6. The van der Waals surface area contributed by atoms with Gasteiger partial charge in [-0.15, -0.1) is 0 Å². The highest BCUT2D eigenvalue weighted by Crippen LogP contribution is 2.25. The summed E-state index contributed by atoms with van der Waals surface area (Å²) in [6.45, 7) is 6.15. The molecule has 176 valence electrons. The van der Waals surface area contributed by atoms with E-state index >= 15 is 0 Å². The topological polar surface area (TPSA) is 90.6 Å². The van der Waals surface area contributed by atoms with Crippen molar-refractivity contribution in [3.63, 3.8) is 0 Å². The van der Waals surface area contributed by atoms with Crippen molar-refractivity contribution >= 4 is 11.9 Å². The maximum atomic E-state index is 13.1. The number of aliphatic hydroxyl groups excluding tert-OH is 1. The molecular formula is C27H34N2O4. The Morgan fingerprint density at radius 2 is 1.82 bits per heavy atom. The van der Waals surface area contributed by atoms with Crippen LogP contribution in [0.25, 0.3) is 11.1 Å². The van der Waals surface area contributed by atoms with Crippen LogP contribution in [0.1, 0.15) is 57.6 Å². The van der Waals surface area contributed by atoms with Crippen molar-refractivity contribution in [2.75, 3.05) is 13.2 Å². The monoisotopic (exact) mass is 450 g/mol. The lowest BCUT2D eigenvalue weighted by atomic mass is 9.96. The van der Waals surface area contributed by atoms with Crippen LogP contribution in [0.15, 0.2) is 48.5 Å². The number of rotatable bonds is 12. The molecule has 0 aliphatic heterocycles. The molecule has 0 spiro atoms. The third kappa shape index (κ3) is 7.73. The van der Waals surface area contributed by atoms with E-state index in [4.69, 9.17) is 9.84 Å². The van der Waals surface area contributed by atoms with Crippen molar-refractivity contribution in [2.45, 2.75) is 59.0 Å². The van der Waals surface area contributed by atoms with Crippen molar-refractivity contribution in [3.8, 4) is 17.2 Å². The first-order valence-corrected chi connectivity index (χ1v) is 11.6. The molecule has 1 N–H and O–H groups in total. The summed E-state index contributed by atoms with van der Waals surface area (Å²) >= 11 is 0. The quantitative estimate of drug-likeness (QED) is 0.474. The highest BCUT2D eigenvalue weighted by Gasteiger charge is 2.29. The van der Waals surface area contributed by atoms with Crippen LogP contribution in [0.2, 0.25) is 0 Å². The number of aliphatic hydroxyl groups is 1. The zero-order valence-electron chi connectivity index (χ0n) is 19.8. The van der Waals surface area contributed by atoms with Crippen LogP contribution in [0.4, 0.5) is 0 Å². The molecule has 1 amide bonds. The molecule has 0 aliphatic carbocycles. The Labute approximate surface area is 196 Å². The van der Waals surface area contributed by atoms with Crippen LogP contribution in [0.3, 0.4) is 0 Å². The maximum absolute atomic E-state index is 13.1. The van der Waals surface area contributed by atoms with Crippen molar-refractivity contribution in [1.29, 1.82) is 5.26 Å². The Bertz CT molecular complexity index is 947. The van der Waals surface area contributed by atoms with Crippen molar-refractivity contribution < 1.29 is 19.4 Å². The minimum absolute atomic E-state index is 0.0180. The van der Waals surface area contributed by atoms with Gasteiger partial charge >= 0.3 is 5.97 Å². The first-order chi connectivity index (χ1) is 15.9. The zero-order chi connectivity index (χ0) is 24.2. The second-order valence-electron chi connectivity index (χ2n) is 8.44. The molecule has 0 aliphatic rings. The average molecular weight is 451 g/mol. The van der Waals surface area contributed by atoms with Crippen molar-refractivity contribution in [1.82, 2.24) is 4.90 Å². The number of unbranched alkanes of at least 4 members (excludes halogenated alkanes) is 1. The predicted octanol–water partition coefficient (Wildman–Crippen LogP) is 4.69. The minimum atomic E-state index is -0.417. The minimum Gasteiger partial charge on any atom is -0.463 e. The third-order valence-electron chi connectivity index (χ3n) is 5.63. The number of hydrogen-bond acceptors (Lipinski definition) is 5. The maximum Gasteiger partial charge on any atom is 0.307 e. The molecule has 0 aromatic heterocycles. The lowest BCUT2D eigenvalue weighted by Crippen LogP contribution is -2.44. The Morgan fingerprint density at radius 3 is 2.42 bits per heavy atom. The molecule has 2 aromatic rings. The summed E-state index contributed by atoms with van der Waals surface area (Å²) in [4.78, 5) is 27.2. The highest BCUT2D eigenvalue weighted by molar-refractivity contribution is 5.78. The van der Waals surface area contributed by atoms with Gasteiger partial charge in [-0.1, -0.05) is 69.7 Å². The lowest BCUT2D eigenvalue weighted by Gasteiger charge is -2.34. The van der Waals surface area contributed by atoms with E-state index in [1.165, 1.54) is 0 Å². The summed E-state index contributed by atoms with van der Waals surface area (Å²) in [7, 11) is 0. The molecule has 1 atom stereocenters. The van der Waals surface area contributed by atoms with Gasteiger partial charge in [0.2, 0.25) is 5.91 Å². The van der Waals surface area contributed by atoms with Gasteiger partial charge in [-0.3, -0.25) is 9.59 Å². The van der Waals surface area contributed by atoms with Gasteiger partial charge in [0.05, 0.1) is 24.7 Å². The summed E-state index contributed by atoms with van der Waals surface area (Å²) in [5.41, 5.74) is 3.37. The van der Waals surface area contributed by atoms with Gasteiger partial charge in [-0.2, -0.15) is 5.26 Å². The standard InChI is InChI=1S/C27H34N2O4/c1-4-5-10-26(31)29(25(20(2)3)17-27(32)33-16-15-30)19-21-11-13-22(14-12-21)24-9-7-6-8-23(24)18-28/h6-9,11-14,20,25,30H,4-5,10,15-17,19H2,1-3H3/t25-/m1/s1. The Balaban J connectivity index is 2.27. The number of carbonyl (C=O) groups excluding carboxylic acids is 2. The third-order valence-corrected chi connectivity index (χ3v) is 5.63. The largest absolute Gasteiger partial charge is 0.463 e. The van der Waals surface area contributed by atoms with Gasteiger partial charge in [0.1, 0.15) is 6.61 Å². The van der Waals surface area contributed by atoms with Gasteiger partial charge in [-0.05, 0) is 35.1 Å². The molecule has 0 heterocycles. The van der Waals surface area contributed by atoms with Gasteiger partial charge < -0.3 is 14.7 Å². The number of esters is 1. The Morgan fingerprint density at radius 1 is 1.12 bits per heavy atom. The predicted molar refractivity (Wildman–Crippen MR) is 128 cm³/mol. The number of nitrogens with zero attached hydrogens (tertiary/aromatic N) is 2. The summed E-state index contributed by atoms with van der Waals surface area (Å²) in [6.07, 6.45) is 2.22. The first kappa shape index (κ1) is 26.1. The fourth-order valence-electron chi connectivity index (χ4n) is 3.78. The normalized spacial score (nSPS) is 11.6. The number of ether oxygens (including phenoxy) is 1. The molecular weight excluding hydrogens is 416 g/mol. The zero-order valence-corrected chi connectivity index (χ0v) is 19.8. The van der Waals surface area contributed by atoms with Crippen LogP contribution in [-0.4, -0.2) is 41.1 Å². The van der Waals surface area contributed by atoms with E-state index in [1.807, 2.05) is 63.2 Å². The van der Waals surface area contributed by atoms with E-state index in [9.17, 15) is 14.9 Å². The number of hydrogen-bond donors (Lipinski definition) is 1. The van der Waals surface area contributed by atoms with E-state index in [2.05, 4.69) is 6.07 Å². The van der Waals surface area contributed by atoms with Crippen LogP contribution < -0.4 is 0 Å². The summed E-state index contributed by atoms with van der Waals surface area (Å²) in [5, 5.41) is 18.3. The molecule has 6 heteroatoms. The number of amides is 1. The number of nitriles is 1. The second-order valence-corrected chi connectivity index (χ2v) is 8.44. The molecule has 0 fully saturated rings. The fraction of sp³-hybridized carbons (Fsp3) is 0.444. The van der Waals surface area contributed by atoms with Gasteiger partial charge in [0.15, 0.2) is 0 Å². The fourth-order valence-corrected chi connectivity index (χ4v) is 3.78. The molecule has 0 bridgehead atoms. The molecule has 33 heavy (non-hydrogen) atoms. The van der Waals surface area contributed by atoms with Gasteiger partial charge in [-0.25, -0.2) is 0 Å².